The predicted octanol–water partition coefficient (Wildman–Crippen LogP) is 2.54. The molecule has 0 fully saturated rings. The zero-order valence-corrected chi connectivity index (χ0v) is 12.5. The van der Waals surface area contributed by atoms with Crippen LogP contribution in [0.1, 0.15) is 31.2 Å². The van der Waals surface area contributed by atoms with Gasteiger partial charge in [0, 0.05) is 12.1 Å². The van der Waals surface area contributed by atoms with Crippen LogP contribution in [0.4, 0.5) is 10.1 Å². The third kappa shape index (κ3) is 3.23. The van der Waals surface area contributed by atoms with Crippen molar-refractivity contribution in [3.8, 4) is 0 Å². The molecule has 0 saturated heterocycles. The van der Waals surface area contributed by atoms with Crippen molar-refractivity contribution in [1.82, 2.24) is 5.32 Å². The highest BCUT2D eigenvalue weighted by Crippen LogP contribution is 2.33. The van der Waals surface area contributed by atoms with Crippen molar-refractivity contribution in [2.75, 3.05) is 5.32 Å². The Hall–Kier alpha value is -1.18. The zero-order chi connectivity index (χ0) is 14.0. The van der Waals surface area contributed by atoms with Crippen LogP contribution in [-0.4, -0.2) is 15.9 Å². The van der Waals surface area contributed by atoms with Crippen molar-refractivity contribution >= 4 is 40.1 Å². The maximum atomic E-state index is 13.2. The number of nitrogens with one attached hydrogen (secondary N) is 2. The second-order valence-electron chi connectivity index (χ2n) is 4.42. The van der Waals surface area contributed by atoms with Gasteiger partial charge in [0.05, 0.1) is 9.97 Å². The Kier molecular flexibility index (Phi) is 4.38. The van der Waals surface area contributed by atoms with E-state index in [2.05, 4.69) is 33.2 Å². The highest BCUT2D eigenvalue weighted by atomic mass is 127. The van der Waals surface area contributed by atoms with Gasteiger partial charge < -0.3 is 10.6 Å². The lowest BCUT2D eigenvalue weighted by Crippen LogP contribution is -2.38. The van der Waals surface area contributed by atoms with Gasteiger partial charge in [-0.15, -0.1) is 0 Å². The molecule has 19 heavy (non-hydrogen) atoms. The summed E-state index contributed by atoms with van der Waals surface area (Å²) in [6.45, 7) is 1.97. The summed E-state index contributed by atoms with van der Waals surface area (Å²) in [6.07, 6.45) is 0.902. The number of carbonyl (C=O) groups is 2. The predicted molar refractivity (Wildman–Crippen MR) is 78.6 cm³/mol. The lowest BCUT2D eigenvalue weighted by Gasteiger charge is -2.25. The van der Waals surface area contributed by atoms with Crippen LogP contribution in [0, 0.1) is 5.82 Å². The van der Waals surface area contributed by atoms with Gasteiger partial charge in [-0.1, -0.05) is 35.6 Å². The van der Waals surface area contributed by atoms with E-state index in [-0.39, 0.29) is 22.3 Å². The van der Waals surface area contributed by atoms with Crippen LogP contribution in [0.5, 0.6) is 0 Å². The van der Waals surface area contributed by atoms with Crippen LogP contribution < -0.4 is 10.6 Å². The smallest absolute Gasteiger partial charge is 0.228 e. The molecule has 1 heterocycles. The fraction of sp³-hybridized carbons (Fsp3) is 0.385. The van der Waals surface area contributed by atoms with E-state index in [1.54, 1.807) is 6.07 Å². The summed E-state index contributed by atoms with van der Waals surface area (Å²) in [5.41, 5.74) is 1.05. The number of alkyl halides is 1. The molecule has 0 bridgehead atoms. The topological polar surface area (TPSA) is 58.2 Å². The van der Waals surface area contributed by atoms with Crippen LogP contribution in [0.3, 0.4) is 0 Å². The van der Waals surface area contributed by atoms with E-state index in [4.69, 9.17) is 0 Å². The van der Waals surface area contributed by atoms with Crippen LogP contribution >= 0.6 is 22.6 Å². The van der Waals surface area contributed by atoms with Crippen molar-refractivity contribution < 1.29 is 14.0 Å². The SMILES string of the molecule is CCC(I)NC(=O)[C@H]1CC(=O)Nc2cc(F)ccc21. The molecule has 1 aromatic carbocycles. The monoisotopic (exact) mass is 376 g/mol. The standard InChI is InChI=1S/C13H14FIN2O2/c1-2-11(15)17-13(19)9-6-12(18)16-10-5-7(14)3-4-8(9)10/h3-5,9,11H,2,6H2,1H3,(H,16,18)(H,17,19)/t9-,11?/m0/s1. The highest BCUT2D eigenvalue weighted by Gasteiger charge is 2.31. The Balaban J connectivity index is 2.27. The Morgan fingerprint density at radius 3 is 3.05 bits per heavy atom. The van der Waals surface area contributed by atoms with E-state index in [9.17, 15) is 14.0 Å². The minimum Gasteiger partial charge on any atom is -0.344 e. The van der Waals surface area contributed by atoms with E-state index in [0.717, 1.165) is 6.42 Å². The van der Waals surface area contributed by atoms with E-state index in [0.29, 0.717) is 11.3 Å². The number of halogens is 2. The number of hydrogen-bond acceptors (Lipinski definition) is 2. The quantitative estimate of drug-likeness (QED) is 0.484. The molecule has 0 aliphatic carbocycles. The van der Waals surface area contributed by atoms with Gasteiger partial charge in [-0.2, -0.15) is 0 Å². The van der Waals surface area contributed by atoms with E-state index >= 15 is 0 Å². The molecule has 1 aliphatic heterocycles. The molecule has 6 heteroatoms. The third-order valence-corrected chi connectivity index (χ3v) is 4.22. The zero-order valence-electron chi connectivity index (χ0n) is 10.4. The van der Waals surface area contributed by atoms with Gasteiger partial charge in [0.25, 0.3) is 0 Å². The van der Waals surface area contributed by atoms with E-state index < -0.39 is 11.7 Å². The van der Waals surface area contributed by atoms with Gasteiger partial charge in [-0.3, -0.25) is 9.59 Å². The number of amides is 2. The molecule has 102 valence electrons. The molecule has 0 saturated carbocycles. The number of rotatable bonds is 3. The van der Waals surface area contributed by atoms with Gasteiger partial charge >= 0.3 is 0 Å². The third-order valence-electron chi connectivity index (χ3n) is 3.03. The molecule has 0 spiro atoms. The largest absolute Gasteiger partial charge is 0.344 e. The summed E-state index contributed by atoms with van der Waals surface area (Å²) in [7, 11) is 0. The molecular formula is C13H14FIN2O2. The van der Waals surface area contributed by atoms with Gasteiger partial charge in [-0.25, -0.2) is 4.39 Å². The van der Waals surface area contributed by atoms with Crippen LogP contribution in [0.15, 0.2) is 18.2 Å². The molecular weight excluding hydrogens is 362 g/mol. The minimum atomic E-state index is -0.548. The van der Waals surface area contributed by atoms with Crippen molar-refractivity contribution in [2.45, 2.75) is 29.7 Å². The van der Waals surface area contributed by atoms with Gasteiger partial charge in [0.15, 0.2) is 0 Å². The first-order chi connectivity index (χ1) is 9.01. The van der Waals surface area contributed by atoms with Crippen molar-refractivity contribution in [3.05, 3.63) is 29.6 Å². The summed E-state index contributed by atoms with van der Waals surface area (Å²) in [6, 6.07) is 4.11. The van der Waals surface area contributed by atoms with Crippen molar-refractivity contribution in [2.24, 2.45) is 0 Å². The molecule has 0 aromatic heterocycles. The molecule has 2 amide bonds. The van der Waals surface area contributed by atoms with Crippen LogP contribution in [0.25, 0.3) is 0 Å². The first-order valence-electron chi connectivity index (χ1n) is 6.05. The first kappa shape index (κ1) is 14.2. The molecule has 2 atom stereocenters. The second kappa shape index (κ2) is 5.85. The number of anilines is 1. The van der Waals surface area contributed by atoms with Crippen LogP contribution in [-0.2, 0) is 9.59 Å². The molecule has 1 unspecified atom stereocenters. The Labute approximate surface area is 124 Å². The lowest BCUT2D eigenvalue weighted by atomic mass is 9.89. The summed E-state index contributed by atoms with van der Waals surface area (Å²) in [5.74, 6) is -1.43. The Morgan fingerprint density at radius 1 is 1.63 bits per heavy atom. The normalized spacial score (nSPS) is 19.3. The molecule has 2 rings (SSSR count). The van der Waals surface area contributed by atoms with Gasteiger partial charge in [-0.05, 0) is 24.1 Å². The minimum absolute atomic E-state index is 0.0268. The van der Waals surface area contributed by atoms with Gasteiger partial charge in [0.1, 0.15) is 5.82 Å². The molecule has 1 aliphatic rings. The molecule has 2 N–H and O–H groups in total. The Morgan fingerprint density at radius 2 is 2.37 bits per heavy atom. The highest BCUT2D eigenvalue weighted by molar-refractivity contribution is 14.1. The van der Waals surface area contributed by atoms with Crippen molar-refractivity contribution in [1.29, 1.82) is 0 Å². The molecule has 0 radical (unpaired) electrons. The average molecular weight is 376 g/mol. The summed E-state index contributed by atoms with van der Waals surface area (Å²) >= 11 is 2.13. The first-order valence-corrected chi connectivity index (χ1v) is 7.29. The summed E-state index contributed by atoms with van der Waals surface area (Å²) in [5, 5.41) is 5.44. The summed E-state index contributed by atoms with van der Waals surface area (Å²) in [4.78, 5) is 23.8. The number of fused-ring (bicyclic) bond motifs is 1. The fourth-order valence-corrected chi connectivity index (χ4v) is 2.34. The average Bonchev–Trinajstić information content (AvgIpc) is 2.36. The van der Waals surface area contributed by atoms with Crippen molar-refractivity contribution in [3.63, 3.8) is 0 Å². The number of carbonyl (C=O) groups excluding carboxylic acids is 2. The molecule has 1 aromatic rings. The number of hydrogen-bond donors (Lipinski definition) is 2. The second-order valence-corrected chi connectivity index (χ2v) is 5.92. The maximum Gasteiger partial charge on any atom is 0.228 e. The lowest BCUT2D eigenvalue weighted by molar-refractivity contribution is -0.126. The van der Waals surface area contributed by atoms with Gasteiger partial charge in [0.2, 0.25) is 11.8 Å². The van der Waals surface area contributed by atoms with Crippen LogP contribution in [0.2, 0.25) is 0 Å². The number of benzene rings is 1. The van der Waals surface area contributed by atoms with E-state index in [1.807, 2.05) is 6.92 Å². The summed E-state index contributed by atoms with van der Waals surface area (Å²) < 4.78 is 13.2. The van der Waals surface area contributed by atoms with E-state index in [1.165, 1.54) is 12.1 Å². The molecule has 4 nitrogen and oxygen atoms in total. The fourth-order valence-electron chi connectivity index (χ4n) is 2.03. The maximum absolute atomic E-state index is 13.2. The Bertz CT molecular complexity index is 521.